The maximum Gasteiger partial charge on any atom is 0.100 e. The molecule has 0 bridgehead atoms. The van der Waals surface area contributed by atoms with Crippen LogP contribution in [0, 0.1) is 22.7 Å². The van der Waals surface area contributed by atoms with Crippen molar-refractivity contribution in [2.75, 3.05) is 4.90 Å². The molecule has 0 atom stereocenters. The lowest BCUT2D eigenvalue weighted by molar-refractivity contribution is 0.979. The molecule has 6 aromatic carbocycles. The van der Waals surface area contributed by atoms with Crippen LogP contribution in [0.15, 0.2) is 121 Å². The maximum absolute atomic E-state index is 10.2. The van der Waals surface area contributed by atoms with Gasteiger partial charge in [-0.1, -0.05) is 109 Å². The molecule has 0 aromatic heterocycles. The Morgan fingerprint density at radius 2 is 1.28 bits per heavy atom. The van der Waals surface area contributed by atoms with Crippen molar-refractivity contribution < 1.29 is 0 Å². The molecule has 0 radical (unpaired) electrons. The van der Waals surface area contributed by atoms with Crippen LogP contribution in [0.2, 0.25) is 0 Å². The lowest BCUT2D eigenvalue weighted by atomic mass is 9.90. The van der Waals surface area contributed by atoms with Gasteiger partial charge in [-0.05, 0) is 65.4 Å². The Hall–Kier alpha value is -5.90. The number of benzene rings is 6. The second kappa shape index (κ2) is 11.2. The molecular weight excluding hydrogens is 522 g/mol. The molecule has 7 rings (SSSR count). The van der Waals surface area contributed by atoms with Crippen LogP contribution in [0.3, 0.4) is 0 Å². The number of rotatable bonds is 5. The van der Waals surface area contributed by atoms with Crippen molar-refractivity contribution >= 4 is 56.8 Å². The van der Waals surface area contributed by atoms with E-state index >= 15 is 0 Å². The van der Waals surface area contributed by atoms with Crippen LogP contribution in [0.1, 0.15) is 39.8 Å². The number of hydrogen-bond acceptors (Lipinski definition) is 3. The number of fused-ring (bicyclic) bond motifs is 3. The Kier molecular flexibility index (Phi) is 6.76. The van der Waals surface area contributed by atoms with Gasteiger partial charge in [-0.3, -0.25) is 0 Å². The van der Waals surface area contributed by atoms with Gasteiger partial charge in [-0.15, -0.1) is 0 Å². The van der Waals surface area contributed by atoms with Crippen LogP contribution < -0.4 is 4.90 Å². The summed E-state index contributed by atoms with van der Waals surface area (Å²) in [6.07, 6.45) is 10.7. The van der Waals surface area contributed by atoms with E-state index in [9.17, 15) is 10.5 Å². The summed E-state index contributed by atoms with van der Waals surface area (Å²) in [6, 6.07) is 44.0. The van der Waals surface area contributed by atoms with Crippen LogP contribution in [0.4, 0.5) is 17.1 Å². The molecule has 0 amide bonds. The number of anilines is 3. The SMILES string of the molecule is N#Cc1c2ccccc2c(C#N)c2c(C=Cc3ccc(N(c4ccccc4)c4cccc5c4CCC=C5)cc3)cccc12. The molecule has 1 aliphatic carbocycles. The van der Waals surface area contributed by atoms with E-state index in [0.29, 0.717) is 11.1 Å². The van der Waals surface area contributed by atoms with Crippen LogP contribution in [0.5, 0.6) is 0 Å². The van der Waals surface area contributed by atoms with Crippen LogP contribution in [0.25, 0.3) is 39.8 Å². The van der Waals surface area contributed by atoms with Crippen LogP contribution in [-0.2, 0) is 6.42 Å². The second-order valence-corrected chi connectivity index (χ2v) is 10.7. The third-order valence-corrected chi connectivity index (χ3v) is 8.21. The average Bonchev–Trinajstić information content (AvgIpc) is 3.07. The molecule has 0 spiro atoms. The summed E-state index contributed by atoms with van der Waals surface area (Å²) in [5.74, 6) is 0. The van der Waals surface area contributed by atoms with Crippen molar-refractivity contribution in [2.45, 2.75) is 12.8 Å². The van der Waals surface area contributed by atoms with Gasteiger partial charge < -0.3 is 4.90 Å². The fourth-order valence-electron chi connectivity index (χ4n) is 6.22. The third kappa shape index (κ3) is 4.64. The van der Waals surface area contributed by atoms with E-state index in [2.05, 4.69) is 102 Å². The third-order valence-electron chi connectivity index (χ3n) is 8.21. The van der Waals surface area contributed by atoms with Crippen LogP contribution in [-0.4, -0.2) is 0 Å². The highest BCUT2D eigenvalue weighted by Gasteiger charge is 2.19. The number of nitrogens with zero attached hydrogens (tertiary/aromatic N) is 3. The van der Waals surface area contributed by atoms with Gasteiger partial charge in [0.05, 0.1) is 11.1 Å². The first kappa shape index (κ1) is 26.0. The predicted molar refractivity (Wildman–Crippen MR) is 178 cm³/mol. The summed E-state index contributed by atoms with van der Waals surface area (Å²) in [7, 11) is 0. The van der Waals surface area contributed by atoms with Crippen LogP contribution >= 0.6 is 0 Å². The Bertz CT molecular complexity index is 2140. The van der Waals surface area contributed by atoms with E-state index < -0.39 is 0 Å². The van der Waals surface area contributed by atoms with Crippen molar-refractivity contribution in [1.82, 2.24) is 0 Å². The topological polar surface area (TPSA) is 50.8 Å². The highest BCUT2D eigenvalue weighted by molar-refractivity contribution is 6.12. The van der Waals surface area contributed by atoms with E-state index in [1.165, 1.54) is 16.8 Å². The minimum atomic E-state index is 0.597. The lowest BCUT2D eigenvalue weighted by Crippen LogP contribution is -2.13. The molecule has 0 saturated heterocycles. The second-order valence-electron chi connectivity index (χ2n) is 10.7. The fourth-order valence-corrected chi connectivity index (χ4v) is 6.22. The molecule has 0 unspecified atom stereocenters. The van der Waals surface area contributed by atoms with Crippen molar-refractivity contribution in [3.8, 4) is 12.1 Å². The van der Waals surface area contributed by atoms with E-state index in [1.807, 2.05) is 54.6 Å². The van der Waals surface area contributed by atoms with E-state index in [4.69, 9.17) is 0 Å². The minimum Gasteiger partial charge on any atom is -0.310 e. The van der Waals surface area contributed by atoms with Crippen molar-refractivity contribution in [3.05, 3.63) is 155 Å². The first-order chi connectivity index (χ1) is 21.3. The average molecular weight is 550 g/mol. The van der Waals surface area contributed by atoms with Gasteiger partial charge in [0.1, 0.15) is 12.1 Å². The molecule has 0 N–H and O–H groups in total. The Balaban J connectivity index is 1.29. The number of allylic oxidation sites excluding steroid dienone is 1. The van der Waals surface area contributed by atoms with E-state index in [0.717, 1.165) is 56.9 Å². The molecule has 202 valence electrons. The smallest absolute Gasteiger partial charge is 0.100 e. The first-order valence-corrected chi connectivity index (χ1v) is 14.5. The van der Waals surface area contributed by atoms with Gasteiger partial charge in [0.25, 0.3) is 0 Å². The van der Waals surface area contributed by atoms with Gasteiger partial charge in [-0.2, -0.15) is 10.5 Å². The molecule has 0 fully saturated rings. The van der Waals surface area contributed by atoms with Crippen molar-refractivity contribution in [1.29, 1.82) is 10.5 Å². The maximum atomic E-state index is 10.2. The zero-order valence-corrected chi connectivity index (χ0v) is 23.5. The molecule has 6 aromatic rings. The standard InChI is InChI=1S/C40H27N3/c41-26-37-34-16-6-7-17-35(34)38(27-42)40-30(12-8-18-36(37)40)23-20-28-21-24-32(25-22-28)43(31-13-2-1-3-14-31)39-19-9-11-29-10-4-5-15-33(29)39/h1-4,6-14,16-25H,5,15H2. The predicted octanol–water partition coefficient (Wildman–Crippen LogP) is 10.3. The lowest BCUT2D eigenvalue weighted by Gasteiger charge is -2.29. The number of nitriles is 2. The molecule has 3 nitrogen and oxygen atoms in total. The summed E-state index contributed by atoms with van der Waals surface area (Å²) in [6.45, 7) is 0. The quantitative estimate of drug-likeness (QED) is 0.159. The number of hydrogen-bond donors (Lipinski definition) is 0. The summed E-state index contributed by atoms with van der Waals surface area (Å²) in [5.41, 5.74) is 9.22. The van der Waals surface area contributed by atoms with E-state index in [-0.39, 0.29) is 0 Å². The van der Waals surface area contributed by atoms with Crippen molar-refractivity contribution in [3.63, 3.8) is 0 Å². The molecular formula is C40H27N3. The highest BCUT2D eigenvalue weighted by atomic mass is 15.1. The fraction of sp³-hybridized carbons (Fsp3) is 0.0500. The zero-order valence-electron chi connectivity index (χ0n) is 23.5. The summed E-state index contributed by atoms with van der Waals surface area (Å²) in [5, 5.41) is 23.5. The first-order valence-electron chi connectivity index (χ1n) is 14.5. The Morgan fingerprint density at radius 3 is 2.05 bits per heavy atom. The van der Waals surface area contributed by atoms with Gasteiger partial charge in [0.15, 0.2) is 0 Å². The minimum absolute atomic E-state index is 0.597. The number of para-hydroxylation sites is 1. The normalized spacial score (nSPS) is 12.2. The molecule has 3 heteroatoms. The Morgan fingerprint density at radius 1 is 0.605 bits per heavy atom. The van der Waals surface area contributed by atoms with E-state index in [1.54, 1.807) is 0 Å². The van der Waals surface area contributed by atoms with Gasteiger partial charge in [0, 0.05) is 38.6 Å². The molecule has 1 aliphatic rings. The Labute approximate surface area is 251 Å². The largest absolute Gasteiger partial charge is 0.310 e. The van der Waals surface area contributed by atoms with Gasteiger partial charge in [0.2, 0.25) is 0 Å². The zero-order chi connectivity index (χ0) is 29.2. The monoisotopic (exact) mass is 549 g/mol. The molecule has 43 heavy (non-hydrogen) atoms. The highest BCUT2D eigenvalue weighted by Crippen LogP contribution is 2.40. The van der Waals surface area contributed by atoms with Gasteiger partial charge >= 0.3 is 0 Å². The molecule has 0 heterocycles. The van der Waals surface area contributed by atoms with Crippen molar-refractivity contribution in [2.24, 2.45) is 0 Å². The summed E-state index contributed by atoms with van der Waals surface area (Å²) in [4.78, 5) is 2.34. The summed E-state index contributed by atoms with van der Waals surface area (Å²) < 4.78 is 0. The molecule has 0 saturated carbocycles. The summed E-state index contributed by atoms with van der Waals surface area (Å²) >= 11 is 0. The molecule has 0 aliphatic heterocycles. The van der Waals surface area contributed by atoms with Gasteiger partial charge in [-0.25, -0.2) is 0 Å².